The van der Waals surface area contributed by atoms with E-state index >= 15 is 0 Å². The fourth-order valence-electron chi connectivity index (χ4n) is 5.84. The number of aliphatic carboxylic acids is 1. The summed E-state index contributed by atoms with van der Waals surface area (Å²) in [5.74, 6) is -4.23. The molecule has 5 amide bonds. The van der Waals surface area contributed by atoms with Gasteiger partial charge in [0.25, 0.3) is 11.8 Å². The zero-order chi connectivity index (χ0) is 37.3. The van der Waals surface area contributed by atoms with E-state index in [1.807, 2.05) is 0 Å². The Morgan fingerprint density at radius 1 is 0.780 bits per heavy atom. The van der Waals surface area contributed by atoms with E-state index in [0.29, 0.717) is 39.0 Å². The molecule has 1 unspecified atom stereocenters. The van der Waals surface area contributed by atoms with Crippen molar-refractivity contribution in [1.29, 1.82) is 0 Å². The van der Waals surface area contributed by atoms with Crippen molar-refractivity contribution in [2.75, 3.05) is 26.2 Å². The van der Waals surface area contributed by atoms with Gasteiger partial charge in [0, 0.05) is 31.6 Å². The Morgan fingerprint density at radius 3 is 1.74 bits per heavy atom. The van der Waals surface area contributed by atoms with Crippen molar-refractivity contribution in [2.24, 2.45) is 5.41 Å². The number of imide groups is 2. The second-order valence-corrected chi connectivity index (χ2v) is 12.7. The number of benzene rings is 2. The molecule has 3 N–H and O–H groups in total. The molecule has 3 aliphatic heterocycles. The number of carboxylic acid groups (broad SMARTS) is 1. The van der Waals surface area contributed by atoms with E-state index in [4.69, 9.17) is 19.4 Å². The lowest BCUT2D eigenvalue weighted by molar-refractivity contribution is -0.274. The lowest BCUT2D eigenvalue weighted by Crippen LogP contribution is -2.70. The van der Waals surface area contributed by atoms with Crippen LogP contribution in [0.1, 0.15) is 39.2 Å². The highest BCUT2D eigenvalue weighted by Gasteiger charge is 2.60. The molecule has 3 fully saturated rings. The number of rotatable bonds is 5. The third-order valence-electron chi connectivity index (χ3n) is 7.92. The fourth-order valence-corrected chi connectivity index (χ4v) is 5.84. The number of carbonyl (C=O) groups is 5. The van der Waals surface area contributed by atoms with E-state index in [9.17, 15) is 45.5 Å². The van der Waals surface area contributed by atoms with Gasteiger partial charge in [0.15, 0.2) is 0 Å². The number of hydrogen-bond acceptors (Lipinski definition) is 9. The first-order chi connectivity index (χ1) is 23.0. The summed E-state index contributed by atoms with van der Waals surface area (Å²) in [5, 5.41) is 11.6. The summed E-state index contributed by atoms with van der Waals surface area (Å²) in [6.45, 7) is 6.91. The Hall–Kier alpha value is -5.07. The van der Waals surface area contributed by atoms with Gasteiger partial charge in [-0.15, -0.1) is 13.2 Å². The monoisotopic (exact) mass is 718 g/mol. The molecule has 2 aromatic rings. The fraction of sp³-hybridized carbons (Fsp3) is 0.452. The summed E-state index contributed by atoms with van der Waals surface area (Å²) < 4.78 is 84.2. The minimum atomic E-state index is -5.08. The molecule has 2 aromatic carbocycles. The quantitative estimate of drug-likeness (QED) is 0.286. The Kier molecular flexibility index (Phi) is 10.3. The summed E-state index contributed by atoms with van der Waals surface area (Å²) in [6.07, 6.45) is -9.06. The number of halogens is 6. The number of nitrogens with one attached hydrogen (secondary N) is 2. The summed E-state index contributed by atoms with van der Waals surface area (Å²) in [4.78, 5) is 64.0. The first-order valence-electron chi connectivity index (χ1n) is 14.9. The van der Waals surface area contributed by atoms with Gasteiger partial charge >= 0.3 is 30.6 Å². The van der Waals surface area contributed by atoms with Gasteiger partial charge in [-0.2, -0.15) is 13.2 Å². The molecule has 3 heterocycles. The van der Waals surface area contributed by atoms with Crippen LogP contribution in [0.4, 0.5) is 35.9 Å². The molecule has 5 rings (SSSR count). The van der Waals surface area contributed by atoms with Crippen LogP contribution in [0.5, 0.6) is 17.2 Å². The van der Waals surface area contributed by atoms with Crippen LogP contribution >= 0.6 is 0 Å². The van der Waals surface area contributed by atoms with Crippen LogP contribution in [0.25, 0.3) is 0 Å². The molecule has 3 aliphatic rings. The van der Waals surface area contributed by atoms with Crippen molar-refractivity contribution in [3.63, 3.8) is 0 Å². The van der Waals surface area contributed by atoms with Crippen molar-refractivity contribution in [3.8, 4) is 17.2 Å². The van der Waals surface area contributed by atoms with Crippen LogP contribution < -0.4 is 20.1 Å². The van der Waals surface area contributed by atoms with Crippen LogP contribution in [0, 0.1) is 5.41 Å². The van der Waals surface area contributed by atoms with Gasteiger partial charge in [0.2, 0.25) is 5.54 Å². The van der Waals surface area contributed by atoms with Crippen LogP contribution in [-0.4, -0.2) is 89.1 Å². The molecule has 0 radical (unpaired) electrons. The highest BCUT2D eigenvalue weighted by molar-refractivity contribution is 6.22. The first kappa shape index (κ1) is 37.7. The maximum absolute atomic E-state index is 13.5. The van der Waals surface area contributed by atoms with Gasteiger partial charge < -0.3 is 24.2 Å². The molecular formula is C31H32F6N4O9. The standard InChI is InChI=1S/C29H31F3N4O7.C2HF3O2/c1-26(2,3)43-25(40)35-14-12-27(16-35)13-15-36(17-27)28(22(37)33-24(39)34-23(28)38)18-4-6-19(7-5-18)41-20-8-10-21(11-9-20)42-29(30,31)32;3-2(4,5)1(6)7/h4-11H,12-17H2,1-3H3,(H2,33,34,37,38,39);(H,6,7). The molecule has 272 valence electrons. The molecular weight excluding hydrogens is 686 g/mol. The van der Waals surface area contributed by atoms with Gasteiger partial charge in [-0.25, -0.2) is 14.4 Å². The number of ether oxygens (including phenoxy) is 3. The summed E-state index contributed by atoms with van der Waals surface area (Å²) >= 11 is 0. The van der Waals surface area contributed by atoms with Crippen molar-refractivity contribution < 1.29 is 69.6 Å². The molecule has 1 spiro atoms. The average Bonchev–Trinajstić information content (AvgIpc) is 3.59. The van der Waals surface area contributed by atoms with Crippen molar-refractivity contribution >= 4 is 29.9 Å². The molecule has 50 heavy (non-hydrogen) atoms. The molecule has 13 nitrogen and oxygen atoms in total. The van der Waals surface area contributed by atoms with E-state index in [1.54, 1.807) is 30.6 Å². The van der Waals surface area contributed by atoms with E-state index in [-0.39, 0.29) is 22.5 Å². The number of urea groups is 1. The van der Waals surface area contributed by atoms with Crippen LogP contribution in [0.3, 0.4) is 0 Å². The normalized spacial score (nSPS) is 20.8. The van der Waals surface area contributed by atoms with Gasteiger partial charge in [0.1, 0.15) is 22.8 Å². The number of carbonyl (C=O) groups excluding carboxylic acids is 4. The zero-order valence-corrected chi connectivity index (χ0v) is 26.7. The van der Waals surface area contributed by atoms with Crippen LogP contribution in [0.15, 0.2) is 48.5 Å². The molecule has 0 aliphatic carbocycles. The molecule has 19 heteroatoms. The Balaban J connectivity index is 0.000000727. The van der Waals surface area contributed by atoms with Crippen LogP contribution in [-0.2, 0) is 24.7 Å². The van der Waals surface area contributed by atoms with Crippen molar-refractivity contribution in [2.45, 2.75) is 57.3 Å². The SMILES string of the molecule is CC(C)(C)OC(=O)N1CCC2(CCN(C3(c4ccc(Oc5ccc(OC(F)(F)F)cc5)cc4)C(=O)NC(=O)NC3=O)C2)C1.O=C(O)C(F)(F)F. The molecule has 1 atom stereocenters. The molecule has 0 aromatic heterocycles. The number of hydrogen-bond donors (Lipinski definition) is 3. The maximum atomic E-state index is 13.5. The van der Waals surface area contributed by atoms with Crippen LogP contribution in [0.2, 0.25) is 0 Å². The van der Waals surface area contributed by atoms with E-state index in [0.717, 1.165) is 12.1 Å². The van der Waals surface area contributed by atoms with E-state index in [1.165, 1.54) is 36.4 Å². The largest absolute Gasteiger partial charge is 0.573 e. The molecule has 0 bridgehead atoms. The first-order valence-corrected chi connectivity index (χ1v) is 14.9. The number of alkyl halides is 6. The van der Waals surface area contributed by atoms with Crippen molar-refractivity contribution in [1.82, 2.24) is 20.4 Å². The van der Waals surface area contributed by atoms with Gasteiger partial charge in [0.05, 0.1) is 0 Å². The lowest BCUT2D eigenvalue weighted by Gasteiger charge is -2.42. The average molecular weight is 719 g/mol. The smallest absolute Gasteiger partial charge is 0.475 e. The summed E-state index contributed by atoms with van der Waals surface area (Å²) in [6, 6.07) is 9.97. The third-order valence-corrected chi connectivity index (χ3v) is 7.92. The van der Waals surface area contributed by atoms with E-state index in [2.05, 4.69) is 15.4 Å². The second kappa shape index (κ2) is 13.7. The topological polar surface area (TPSA) is 164 Å². The Bertz CT molecular complexity index is 1610. The number of amides is 5. The maximum Gasteiger partial charge on any atom is 0.573 e. The highest BCUT2D eigenvalue weighted by atomic mass is 19.4. The van der Waals surface area contributed by atoms with Gasteiger partial charge in [-0.05, 0) is 75.6 Å². The van der Waals surface area contributed by atoms with Gasteiger partial charge in [-0.3, -0.25) is 25.1 Å². The third kappa shape index (κ3) is 8.74. The minimum absolute atomic E-state index is 0.230. The highest BCUT2D eigenvalue weighted by Crippen LogP contribution is 2.45. The lowest BCUT2D eigenvalue weighted by atomic mass is 9.83. The predicted molar refractivity (Wildman–Crippen MR) is 158 cm³/mol. The summed E-state index contributed by atoms with van der Waals surface area (Å²) in [5.41, 5.74) is -2.61. The molecule has 3 saturated heterocycles. The number of barbiturate groups is 1. The second-order valence-electron chi connectivity index (χ2n) is 12.7. The predicted octanol–water partition coefficient (Wildman–Crippen LogP) is 4.91. The number of nitrogens with zero attached hydrogens (tertiary/aromatic N) is 2. The summed E-state index contributed by atoms with van der Waals surface area (Å²) in [7, 11) is 0. The minimum Gasteiger partial charge on any atom is -0.475 e. The Labute approximate surface area is 280 Å². The zero-order valence-electron chi connectivity index (χ0n) is 26.7. The van der Waals surface area contributed by atoms with Gasteiger partial charge in [-0.1, -0.05) is 12.1 Å². The number of carboxylic acids is 1. The Morgan fingerprint density at radius 2 is 1.26 bits per heavy atom. The number of likely N-dealkylation sites (tertiary alicyclic amines) is 2. The molecule has 0 saturated carbocycles. The van der Waals surface area contributed by atoms with Crippen molar-refractivity contribution in [3.05, 3.63) is 54.1 Å². The van der Waals surface area contributed by atoms with E-state index < -0.39 is 59.3 Å².